The predicted octanol–water partition coefficient (Wildman–Crippen LogP) is 4.34. The zero-order chi connectivity index (χ0) is 19.2. The molecule has 136 valence electrons. The molecule has 1 heterocycles. The van der Waals surface area contributed by atoms with Crippen molar-refractivity contribution in [2.45, 2.75) is 0 Å². The first-order chi connectivity index (χ1) is 13.0. The maximum atomic E-state index is 12.4. The molecule has 0 saturated heterocycles. The summed E-state index contributed by atoms with van der Waals surface area (Å²) < 4.78 is 0. The van der Waals surface area contributed by atoms with Gasteiger partial charge in [0.15, 0.2) is 0 Å². The third-order valence-corrected chi connectivity index (χ3v) is 4.09. The summed E-state index contributed by atoms with van der Waals surface area (Å²) in [5, 5.41) is 7.39. The first-order valence-electron chi connectivity index (χ1n) is 7.86. The Kier molecular flexibility index (Phi) is 5.90. The van der Waals surface area contributed by atoms with Crippen LogP contribution < -0.4 is 10.7 Å². The standard InChI is InChI=1S/C19H14Cl2N4O2/c20-13-6-7-15(16(21)10-13)18(26)24-14-4-1-3-12(9-14)11-23-25-19(27)17-5-2-8-22-17/h1-11,22H,(H,24,26)(H,25,27)/b23-11-. The van der Waals surface area contributed by atoms with Gasteiger partial charge in [0.2, 0.25) is 0 Å². The molecule has 1 aromatic heterocycles. The lowest BCUT2D eigenvalue weighted by Gasteiger charge is -2.07. The number of H-pyrrole nitrogens is 1. The van der Waals surface area contributed by atoms with E-state index in [9.17, 15) is 9.59 Å². The van der Waals surface area contributed by atoms with E-state index < -0.39 is 0 Å². The van der Waals surface area contributed by atoms with Crippen molar-refractivity contribution in [1.29, 1.82) is 0 Å². The molecule has 6 nitrogen and oxygen atoms in total. The quantitative estimate of drug-likeness (QED) is 0.439. The topological polar surface area (TPSA) is 86.3 Å². The van der Waals surface area contributed by atoms with Crippen LogP contribution in [0.15, 0.2) is 65.9 Å². The Balaban J connectivity index is 1.65. The van der Waals surface area contributed by atoms with E-state index in [1.807, 2.05) is 0 Å². The Labute approximate surface area is 165 Å². The molecule has 0 bridgehead atoms. The fraction of sp³-hybridized carbons (Fsp3) is 0. The van der Waals surface area contributed by atoms with Crippen LogP contribution in [0.1, 0.15) is 26.4 Å². The third-order valence-electron chi connectivity index (χ3n) is 3.54. The molecule has 3 aromatic rings. The second-order valence-corrected chi connectivity index (χ2v) is 6.33. The lowest BCUT2D eigenvalue weighted by molar-refractivity contribution is 0.0950. The van der Waals surface area contributed by atoms with Gasteiger partial charge in [0.05, 0.1) is 16.8 Å². The van der Waals surface area contributed by atoms with E-state index >= 15 is 0 Å². The van der Waals surface area contributed by atoms with Crippen LogP contribution in [0.5, 0.6) is 0 Å². The van der Waals surface area contributed by atoms with Crippen molar-refractivity contribution < 1.29 is 9.59 Å². The molecule has 0 saturated carbocycles. The van der Waals surface area contributed by atoms with Crippen LogP contribution in [-0.4, -0.2) is 23.0 Å². The highest BCUT2D eigenvalue weighted by Gasteiger charge is 2.11. The van der Waals surface area contributed by atoms with Crippen molar-refractivity contribution in [3.63, 3.8) is 0 Å². The van der Waals surface area contributed by atoms with Gasteiger partial charge < -0.3 is 10.3 Å². The molecule has 8 heteroatoms. The first kappa shape index (κ1) is 18.7. The lowest BCUT2D eigenvalue weighted by atomic mass is 10.2. The smallest absolute Gasteiger partial charge is 0.287 e. The van der Waals surface area contributed by atoms with Crippen molar-refractivity contribution in [2.75, 3.05) is 5.32 Å². The van der Waals surface area contributed by atoms with Crippen molar-refractivity contribution in [3.8, 4) is 0 Å². The third kappa shape index (κ3) is 4.97. The molecule has 0 atom stereocenters. The summed E-state index contributed by atoms with van der Waals surface area (Å²) in [5.74, 6) is -0.705. The summed E-state index contributed by atoms with van der Waals surface area (Å²) >= 11 is 11.9. The summed E-state index contributed by atoms with van der Waals surface area (Å²) in [6, 6.07) is 15.0. The van der Waals surface area contributed by atoms with Gasteiger partial charge in [0.1, 0.15) is 5.69 Å². The molecule has 3 N–H and O–H groups in total. The van der Waals surface area contributed by atoms with Crippen LogP contribution in [0.25, 0.3) is 0 Å². The molecule has 3 rings (SSSR count). The summed E-state index contributed by atoms with van der Waals surface area (Å²) in [4.78, 5) is 26.9. The van der Waals surface area contributed by atoms with Gasteiger partial charge in [-0.1, -0.05) is 35.3 Å². The van der Waals surface area contributed by atoms with Gasteiger partial charge >= 0.3 is 0 Å². The van der Waals surface area contributed by atoms with Gasteiger partial charge in [-0.15, -0.1) is 0 Å². The van der Waals surface area contributed by atoms with Crippen molar-refractivity contribution in [3.05, 3.63) is 87.7 Å². The number of anilines is 1. The summed E-state index contributed by atoms with van der Waals surface area (Å²) in [5.41, 5.74) is 4.40. The highest BCUT2D eigenvalue weighted by molar-refractivity contribution is 6.37. The number of hydrogen-bond donors (Lipinski definition) is 3. The minimum atomic E-state index is -0.356. The Morgan fingerprint density at radius 3 is 2.59 bits per heavy atom. The number of hydrazone groups is 1. The van der Waals surface area contributed by atoms with E-state index in [4.69, 9.17) is 23.2 Å². The Morgan fingerprint density at radius 2 is 1.85 bits per heavy atom. The van der Waals surface area contributed by atoms with Gasteiger partial charge in [-0.25, -0.2) is 5.43 Å². The molecular weight excluding hydrogens is 387 g/mol. The van der Waals surface area contributed by atoms with E-state index in [1.165, 1.54) is 12.3 Å². The summed E-state index contributed by atoms with van der Waals surface area (Å²) in [6.07, 6.45) is 3.13. The first-order valence-corrected chi connectivity index (χ1v) is 8.62. The number of halogens is 2. The highest BCUT2D eigenvalue weighted by Crippen LogP contribution is 2.22. The number of nitrogens with zero attached hydrogens (tertiary/aromatic N) is 1. The van der Waals surface area contributed by atoms with Gasteiger partial charge in [-0.05, 0) is 48.0 Å². The van der Waals surface area contributed by atoms with Crippen LogP contribution in [0.4, 0.5) is 5.69 Å². The highest BCUT2D eigenvalue weighted by atomic mass is 35.5. The normalized spacial score (nSPS) is 10.7. The average Bonchev–Trinajstić information content (AvgIpc) is 3.16. The summed E-state index contributed by atoms with van der Waals surface area (Å²) in [6.45, 7) is 0. The predicted molar refractivity (Wildman–Crippen MR) is 107 cm³/mol. The monoisotopic (exact) mass is 400 g/mol. The minimum absolute atomic E-state index is 0.268. The SMILES string of the molecule is O=C(N/N=C\c1cccc(NC(=O)c2ccc(Cl)cc2Cl)c1)c1ccc[nH]1. The van der Waals surface area contributed by atoms with Crippen molar-refractivity contribution in [2.24, 2.45) is 5.10 Å². The molecule has 0 unspecified atom stereocenters. The average molecular weight is 401 g/mol. The maximum absolute atomic E-state index is 12.4. The van der Waals surface area contributed by atoms with Crippen molar-refractivity contribution in [1.82, 2.24) is 10.4 Å². The second-order valence-electron chi connectivity index (χ2n) is 5.49. The molecule has 0 aliphatic heterocycles. The zero-order valence-corrected chi connectivity index (χ0v) is 15.4. The number of benzene rings is 2. The molecular formula is C19H14Cl2N4O2. The molecule has 27 heavy (non-hydrogen) atoms. The van der Waals surface area contributed by atoms with Gasteiger partial charge in [0.25, 0.3) is 11.8 Å². The van der Waals surface area contributed by atoms with Crippen molar-refractivity contribution >= 4 is 46.9 Å². The molecule has 0 aliphatic rings. The molecule has 2 aromatic carbocycles. The minimum Gasteiger partial charge on any atom is -0.357 e. The van der Waals surface area contributed by atoms with E-state index in [2.05, 4.69) is 20.8 Å². The van der Waals surface area contributed by atoms with Gasteiger partial charge in [0, 0.05) is 16.9 Å². The second kappa shape index (κ2) is 8.53. The summed E-state index contributed by atoms with van der Waals surface area (Å²) in [7, 11) is 0. The van der Waals surface area contributed by atoms with E-state index in [0.29, 0.717) is 27.5 Å². The number of rotatable bonds is 5. The lowest BCUT2D eigenvalue weighted by Crippen LogP contribution is -2.17. The number of aromatic nitrogens is 1. The fourth-order valence-corrected chi connectivity index (χ4v) is 2.76. The molecule has 0 aliphatic carbocycles. The molecule has 2 amide bonds. The van der Waals surface area contributed by atoms with E-state index in [-0.39, 0.29) is 16.8 Å². The van der Waals surface area contributed by atoms with Crippen LogP contribution in [-0.2, 0) is 0 Å². The number of carbonyl (C=O) groups is 2. The zero-order valence-electron chi connectivity index (χ0n) is 13.9. The molecule has 0 radical (unpaired) electrons. The van der Waals surface area contributed by atoms with Gasteiger partial charge in [-0.2, -0.15) is 5.10 Å². The van der Waals surface area contributed by atoms with Crippen LogP contribution in [0.2, 0.25) is 10.0 Å². The van der Waals surface area contributed by atoms with E-state index in [0.717, 1.165) is 0 Å². The number of carbonyl (C=O) groups excluding carboxylic acids is 2. The Bertz CT molecular complexity index is 1000. The number of hydrogen-bond acceptors (Lipinski definition) is 3. The largest absolute Gasteiger partial charge is 0.357 e. The van der Waals surface area contributed by atoms with Crippen LogP contribution in [0, 0.1) is 0 Å². The number of amides is 2. The Morgan fingerprint density at radius 1 is 1.00 bits per heavy atom. The number of nitrogens with one attached hydrogen (secondary N) is 3. The van der Waals surface area contributed by atoms with Crippen LogP contribution in [0.3, 0.4) is 0 Å². The van der Waals surface area contributed by atoms with Gasteiger partial charge in [-0.3, -0.25) is 9.59 Å². The molecule has 0 spiro atoms. The molecule has 0 fully saturated rings. The van der Waals surface area contributed by atoms with E-state index in [1.54, 1.807) is 54.7 Å². The Hall–Kier alpha value is -3.09. The maximum Gasteiger partial charge on any atom is 0.287 e. The number of aromatic amines is 1. The fourth-order valence-electron chi connectivity index (χ4n) is 2.27. The van der Waals surface area contributed by atoms with Crippen LogP contribution >= 0.6 is 23.2 Å².